The summed E-state index contributed by atoms with van der Waals surface area (Å²) in [6.45, 7) is -0.158. The van der Waals surface area contributed by atoms with Gasteiger partial charge in [0.2, 0.25) is 12.3 Å². The van der Waals surface area contributed by atoms with Crippen molar-refractivity contribution in [3.05, 3.63) is 101 Å². The van der Waals surface area contributed by atoms with Crippen LogP contribution < -0.4 is 0 Å². The van der Waals surface area contributed by atoms with Crippen LogP contribution in [0.2, 0.25) is 0 Å². The third-order valence-electron chi connectivity index (χ3n) is 8.67. The number of alkyl halides is 7. The minimum Gasteiger partial charge on any atom is -0.423 e. The molecule has 46 heavy (non-hydrogen) atoms. The number of halogens is 8. The Balaban J connectivity index is 1.47. The zero-order valence-corrected chi connectivity index (χ0v) is 24.1. The topological polar surface area (TPSA) is 93.4 Å². The molecule has 242 valence electrons. The molecule has 0 radical (unpaired) electrons. The second-order valence-electron chi connectivity index (χ2n) is 11.0. The summed E-state index contributed by atoms with van der Waals surface area (Å²) in [5.41, 5.74) is -7.23. The Morgan fingerprint density at radius 2 is 1.57 bits per heavy atom. The molecule has 2 aliphatic rings. The fourth-order valence-corrected chi connectivity index (χ4v) is 8.88. The molecule has 1 aliphatic heterocycles. The van der Waals surface area contributed by atoms with Crippen molar-refractivity contribution in [2.45, 2.75) is 53.0 Å². The van der Waals surface area contributed by atoms with Crippen LogP contribution >= 0.6 is 0 Å². The Labute approximate surface area is 255 Å². The normalized spacial score (nSPS) is 20.3. The van der Waals surface area contributed by atoms with Crippen LogP contribution in [0.1, 0.15) is 39.9 Å². The summed E-state index contributed by atoms with van der Waals surface area (Å²) in [6.07, 6.45) is -12.4. The van der Waals surface area contributed by atoms with Crippen molar-refractivity contribution in [3.8, 4) is 11.5 Å². The molecule has 1 aromatic heterocycles. The van der Waals surface area contributed by atoms with E-state index in [2.05, 4.69) is 10.2 Å². The number of hydrogen-bond donors (Lipinski definition) is 0. The number of fused-ring (bicyclic) bond motifs is 3. The summed E-state index contributed by atoms with van der Waals surface area (Å²) in [6, 6.07) is 10.0. The fraction of sp³-hybridized carbons (Fsp3) is 0.300. The lowest BCUT2D eigenvalue weighted by atomic mass is 9.76. The number of carbonyl (C=O) groups is 1. The van der Waals surface area contributed by atoms with E-state index in [1.165, 1.54) is 29.2 Å². The first-order valence-electron chi connectivity index (χ1n) is 13.7. The van der Waals surface area contributed by atoms with Crippen molar-refractivity contribution in [2.75, 3.05) is 6.54 Å². The molecule has 0 unspecified atom stereocenters. The Kier molecular flexibility index (Phi) is 7.29. The van der Waals surface area contributed by atoms with Gasteiger partial charge in [0.25, 0.3) is 5.91 Å². The van der Waals surface area contributed by atoms with Crippen LogP contribution in [0.15, 0.2) is 82.4 Å². The molecule has 0 spiro atoms. The van der Waals surface area contributed by atoms with Crippen molar-refractivity contribution in [1.82, 2.24) is 15.1 Å². The molecule has 6 rings (SSSR count). The number of aromatic nitrogens is 2. The molecule has 7 nitrogen and oxygen atoms in total. The lowest BCUT2D eigenvalue weighted by molar-refractivity contribution is -0.348. The van der Waals surface area contributed by atoms with Crippen molar-refractivity contribution < 1.29 is 52.8 Å². The van der Waals surface area contributed by atoms with E-state index in [9.17, 15) is 43.9 Å². The smallest absolute Gasteiger partial charge is 0.423 e. The van der Waals surface area contributed by atoms with Gasteiger partial charge in [-0.2, -0.15) is 26.3 Å². The summed E-state index contributed by atoms with van der Waals surface area (Å²) in [7, 11) is -4.61. The Morgan fingerprint density at radius 1 is 0.913 bits per heavy atom. The van der Waals surface area contributed by atoms with Gasteiger partial charge in [0, 0.05) is 23.2 Å². The maximum Gasteiger partial charge on any atom is 0.435 e. The van der Waals surface area contributed by atoms with E-state index in [1.54, 1.807) is 0 Å². The van der Waals surface area contributed by atoms with Gasteiger partial charge in [0.05, 0.1) is 10.9 Å². The number of likely N-dealkylation sites (tertiary alicyclic amines) is 1. The summed E-state index contributed by atoms with van der Waals surface area (Å²) in [5.74, 6) is -1.16. The molecule has 1 aliphatic carbocycles. The van der Waals surface area contributed by atoms with E-state index in [1.807, 2.05) is 0 Å². The predicted molar refractivity (Wildman–Crippen MR) is 144 cm³/mol. The van der Waals surface area contributed by atoms with E-state index < -0.39 is 55.9 Å². The number of aryl methyl sites for hydroxylation is 1. The first-order chi connectivity index (χ1) is 21.5. The van der Waals surface area contributed by atoms with Crippen molar-refractivity contribution in [3.63, 3.8) is 0 Å². The Morgan fingerprint density at radius 3 is 2.15 bits per heavy atom. The van der Waals surface area contributed by atoms with Crippen LogP contribution in [0, 0.1) is 5.82 Å². The van der Waals surface area contributed by atoms with Gasteiger partial charge in [-0.15, -0.1) is 10.2 Å². The zero-order chi connectivity index (χ0) is 33.3. The van der Waals surface area contributed by atoms with Gasteiger partial charge in [-0.05, 0) is 78.9 Å². The number of hydrogen-bond acceptors (Lipinski definition) is 6. The molecule has 3 aromatic carbocycles. The highest BCUT2D eigenvalue weighted by Gasteiger charge is 2.73. The highest BCUT2D eigenvalue weighted by molar-refractivity contribution is 7.92. The largest absolute Gasteiger partial charge is 0.435 e. The second kappa shape index (κ2) is 10.6. The molecule has 2 heterocycles. The second-order valence-corrected chi connectivity index (χ2v) is 13.2. The molecule has 2 atom stereocenters. The SMILES string of the molecule is O=C(c1ccc(-c2nnco2)cc1)N1CC[C@@]2(S(=O)(=O)c3ccc(F)cc3)c3ccc(C(F)(C(F)(F)F)C(F)(F)F)cc3CC[C@@H]12. The Hall–Kier alpha value is -4.34. The molecule has 0 saturated carbocycles. The van der Waals surface area contributed by atoms with E-state index in [-0.39, 0.29) is 59.4 Å². The van der Waals surface area contributed by atoms with Crippen LogP contribution in [0.25, 0.3) is 11.5 Å². The monoisotopic (exact) mass is 671 g/mol. The van der Waals surface area contributed by atoms with Gasteiger partial charge in [0.1, 0.15) is 10.6 Å². The van der Waals surface area contributed by atoms with Crippen LogP contribution in [0.3, 0.4) is 0 Å². The van der Waals surface area contributed by atoms with E-state index in [0.717, 1.165) is 36.7 Å². The van der Waals surface area contributed by atoms with Gasteiger partial charge in [0.15, 0.2) is 9.84 Å². The van der Waals surface area contributed by atoms with Crippen molar-refractivity contribution >= 4 is 15.7 Å². The lowest BCUT2D eigenvalue weighted by Crippen LogP contribution is -2.53. The fourth-order valence-electron chi connectivity index (χ4n) is 6.52. The van der Waals surface area contributed by atoms with Crippen LogP contribution in [0.5, 0.6) is 0 Å². The average Bonchev–Trinajstić information content (AvgIpc) is 3.69. The summed E-state index contributed by atoms with van der Waals surface area (Å²) >= 11 is 0. The van der Waals surface area contributed by atoms with Gasteiger partial charge >= 0.3 is 18.0 Å². The molecule has 1 amide bonds. The highest BCUT2D eigenvalue weighted by atomic mass is 32.2. The quantitative estimate of drug-likeness (QED) is 0.173. The Bertz CT molecular complexity index is 1880. The lowest BCUT2D eigenvalue weighted by Gasteiger charge is -2.43. The van der Waals surface area contributed by atoms with Gasteiger partial charge < -0.3 is 9.32 Å². The summed E-state index contributed by atoms with van der Waals surface area (Å²) in [4.78, 5) is 14.7. The highest BCUT2D eigenvalue weighted by Crippen LogP contribution is 2.56. The summed E-state index contributed by atoms with van der Waals surface area (Å²) < 4.78 is 142. The molecule has 1 fully saturated rings. The minimum atomic E-state index is -6.37. The van der Waals surface area contributed by atoms with Crippen LogP contribution in [-0.4, -0.2) is 54.4 Å². The standard InChI is InChI=1S/C30H21F8N3O4S/c31-21-7-9-22(10-8-21)46(43,44)27-13-14-41(26(42)18-3-1-17(2-4-18)25-40-39-16-45-25)24(27)12-5-19-15-20(6-11-23(19)27)28(32,29(33,34)35)30(36,37)38/h1-4,6-11,15-16,24H,5,12-14H2/t24-,27-/m1/s1. The molecule has 4 aromatic rings. The van der Waals surface area contributed by atoms with Gasteiger partial charge in [-0.3, -0.25) is 4.79 Å². The molecule has 0 N–H and O–H groups in total. The van der Waals surface area contributed by atoms with Crippen LogP contribution in [-0.2, 0) is 26.7 Å². The number of rotatable bonds is 5. The third-order valence-corrected chi connectivity index (χ3v) is 11.2. The van der Waals surface area contributed by atoms with E-state index in [4.69, 9.17) is 4.42 Å². The zero-order valence-electron chi connectivity index (χ0n) is 23.2. The van der Waals surface area contributed by atoms with Gasteiger partial charge in [-0.1, -0.05) is 18.2 Å². The molecule has 16 heteroatoms. The van der Waals surface area contributed by atoms with Crippen molar-refractivity contribution in [2.24, 2.45) is 0 Å². The molecular weight excluding hydrogens is 650 g/mol. The number of nitrogens with zero attached hydrogens (tertiary/aromatic N) is 3. The molecule has 1 saturated heterocycles. The predicted octanol–water partition coefficient (Wildman–Crippen LogP) is 6.70. The number of carbonyl (C=O) groups excluding carboxylic acids is 1. The number of benzene rings is 3. The summed E-state index contributed by atoms with van der Waals surface area (Å²) in [5, 5.41) is 7.37. The third kappa shape index (κ3) is 4.59. The van der Waals surface area contributed by atoms with Crippen molar-refractivity contribution in [1.29, 1.82) is 0 Å². The van der Waals surface area contributed by atoms with E-state index >= 15 is 4.39 Å². The molecule has 0 bridgehead atoms. The maximum absolute atomic E-state index is 15.0. The number of sulfone groups is 1. The van der Waals surface area contributed by atoms with E-state index in [0.29, 0.717) is 11.6 Å². The first kappa shape index (κ1) is 31.6. The first-order valence-corrected chi connectivity index (χ1v) is 15.1. The number of amides is 1. The van der Waals surface area contributed by atoms with Crippen LogP contribution in [0.4, 0.5) is 35.1 Å². The maximum atomic E-state index is 15.0. The molecular formula is C30H21F8N3O4S. The average molecular weight is 672 g/mol. The minimum absolute atomic E-state index is 0.150. The van der Waals surface area contributed by atoms with Gasteiger partial charge in [-0.25, -0.2) is 17.2 Å².